The Balaban J connectivity index is 1.85. The van der Waals surface area contributed by atoms with E-state index in [-0.39, 0.29) is 16.2 Å². The number of esters is 1. The first kappa shape index (κ1) is 20.4. The first-order chi connectivity index (χ1) is 13.9. The predicted octanol–water partition coefficient (Wildman–Crippen LogP) is 3.37. The van der Waals surface area contributed by atoms with Gasteiger partial charge in [0.05, 0.1) is 18.9 Å². The number of nitrogens with zero attached hydrogens (tertiary/aromatic N) is 3. The summed E-state index contributed by atoms with van der Waals surface area (Å²) < 4.78 is 11.8. The zero-order valence-electron chi connectivity index (χ0n) is 15.4. The van der Waals surface area contributed by atoms with Gasteiger partial charge in [-0.15, -0.1) is 0 Å². The molecule has 10 heteroatoms. The first-order valence-corrected chi connectivity index (χ1v) is 9.06. The second-order valence-electron chi connectivity index (χ2n) is 5.78. The van der Waals surface area contributed by atoms with Gasteiger partial charge in [0.1, 0.15) is 5.69 Å². The van der Waals surface area contributed by atoms with Crippen LogP contribution in [0.1, 0.15) is 21.6 Å². The topological polar surface area (TPSA) is 98.6 Å². The van der Waals surface area contributed by atoms with Crippen molar-refractivity contribution >= 4 is 36.0 Å². The lowest BCUT2D eigenvalue weighted by atomic mass is 10.2. The van der Waals surface area contributed by atoms with Gasteiger partial charge in [-0.05, 0) is 67.2 Å². The van der Waals surface area contributed by atoms with Crippen molar-refractivity contribution in [3.63, 3.8) is 0 Å². The van der Waals surface area contributed by atoms with Crippen molar-refractivity contribution in [2.24, 2.45) is 5.10 Å². The Morgan fingerprint density at radius 1 is 1.24 bits per heavy atom. The van der Waals surface area contributed by atoms with Crippen LogP contribution in [-0.4, -0.2) is 34.2 Å². The summed E-state index contributed by atoms with van der Waals surface area (Å²) in [5, 5.41) is 10.9. The van der Waals surface area contributed by atoms with Crippen LogP contribution >= 0.6 is 23.8 Å². The lowest BCUT2D eigenvalue weighted by Crippen LogP contribution is -2.22. The predicted molar refractivity (Wildman–Crippen MR) is 111 cm³/mol. The number of methoxy groups -OCH3 is 1. The fourth-order valence-corrected chi connectivity index (χ4v) is 2.60. The third kappa shape index (κ3) is 4.76. The summed E-state index contributed by atoms with van der Waals surface area (Å²) in [4.78, 5) is 24.4. The number of rotatable bonds is 5. The molecule has 1 aromatic heterocycles. The Hall–Kier alpha value is -3.30. The molecule has 0 aliphatic carbocycles. The molecule has 0 fully saturated rings. The summed E-state index contributed by atoms with van der Waals surface area (Å²) in [6.45, 7) is 1.55. The molecule has 0 aliphatic rings. The van der Waals surface area contributed by atoms with Crippen molar-refractivity contribution in [3.8, 4) is 11.5 Å². The van der Waals surface area contributed by atoms with Crippen LogP contribution in [0.25, 0.3) is 0 Å². The summed E-state index contributed by atoms with van der Waals surface area (Å²) in [6.07, 6.45) is 1.43. The van der Waals surface area contributed by atoms with Crippen LogP contribution in [0.4, 0.5) is 0 Å². The molecule has 0 radical (unpaired) electrons. The third-order valence-electron chi connectivity index (χ3n) is 3.81. The van der Waals surface area contributed by atoms with Crippen LogP contribution in [0.15, 0.2) is 52.4 Å². The first-order valence-electron chi connectivity index (χ1n) is 8.27. The van der Waals surface area contributed by atoms with Gasteiger partial charge in [0.2, 0.25) is 4.77 Å². The lowest BCUT2D eigenvalue weighted by molar-refractivity contribution is 0.0729. The smallest absolute Gasteiger partial charge is 0.343 e. The van der Waals surface area contributed by atoms with Crippen molar-refractivity contribution in [1.82, 2.24) is 14.9 Å². The van der Waals surface area contributed by atoms with Crippen molar-refractivity contribution in [2.75, 3.05) is 7.11 Å². The number of hydrogen-bond acceptors (Lipinski definition) is 7. The Labute approximate surface area is 175 Å². The molecule has 0 amide bonds. The maximum atomic E-state index is 12.3. The third-order valence-corrected chi connectivity index (χ3v) is 4.32. The van der Waals surface area contributed by atoms with E-state index in [0.717, 1.165) is 4.68 Å². The summed E-state index contributed by atoms with van der Waals surface area (Å²) >= 11 is 10.9. The molecule has 0 atom stereocenters. The second-order valence-corrected chi connectivity index (χ2v) is 6.61. The van der Waals surface area contributed by atoms with E-state index in [1.165, 1.54) is 13.3 Å². The molecular formula is C19H15ClN4O4S. The molecule has 29 heavy (non-hydrogen) atoms. The highest BCUT2D eigenvalue weighted by Gasteiger charge is 2.13. The maximum absolute atomic E-state index is 12.3. The monoisotopic (exact) mass is 430 g/mol. The lowest BCUT2D eigenvalue weighted by Gasteiger charge is -2.10. The van der Waals surface area contributed by atoms with Crippen LogP contribution in [0, 0.1) is 11.7 Å². The molecule has 148 valence electrons. The number of halogens is 1. The number of ether oxygens (including phenoxy) is 2. The number of aromatic nitrogens is 3. The Kier molecular flexibility index (Phi) is 6.20. The second kappa shape index (κ2) is 8.80. The van der Waals surface area contributed by atoms with E-state index in [1.807, 2.05) is 0 Å². The molecular weight excluding hydrogens is 416 g/mol. The maximum Gasteiger partial charge on any atom is 0.343 e. The summed E-state index contributed by atoms with van der Waals surface area (Å²) in [7, 11) is 1.45. The molecule has 1 heterocycles. The minimum atomic E-state index is -0.550. The van der Waals surface area contributed by atoms with Gasteiger partial charge in [-0.2, -0.15) is 14.9 Å². The van der Waals surface area contributed by atoms with Gasteiger partial charge >= 0.3 is 5.97 Å². The molecule has 0 bridgehead atoms. The van der Waals surface area contributed by atoms with E-state index in [1.54, 1.807) is 49.4 Å². The molecule has 1 N–H and O–H groups in total. The molecule has 0 saturated carbocycles. The molecule has 3 rings (SSSR count). The fourth-order valence-electron chi connectivity index (χ4n) is 2.30. The quantitative estimate of drug-likeness (QED) is 0.288. The Morgan fingerprint density at radius 3 is 2.66 bits per heavy atom. The molecule has 2 aromatic carbocycles. The molecule has 3 aromatic rings. The number of H-pyrrole nitrogens is 1. The number of hydrogen-bond donors (Lipinski definition) is 1. The fraction of sp³-hybridized carbons (Fsp3) is 0.105. The van der Waals surface area contributed by atoms with Crippen LogP contribution < -0.4 is 15.0 Å². The van der Waals surface area contributed by atoms with Gasteiger partial charge in [0.25, 0.3) is 5.56 Å². The number of carbonyl (C=O) groups excluding carboxylic acids is 1. The Bertz CT molecular complexity index is 1200. The normalized spacial score (nSPS) is 10.9. The van der Waals surface area contributed by atoms with E-state index in [0.29, 0.717) is 21.9 Å². The molecule has 0 spiro atoms. The average molecular weight is 431 g/mol. The molecule has 0 aliphatic heterocycles. The highest BCUT2D eigenvalue weighted by atomic mass is 35.5. The molecule has 0 saturated heterocycles. The number of aryl methyl sites for hydroxylation is 1. The Morgan fingerprint density at radius 2 is 1.97 bits per heavy atom. The zero-order valence-corrected chi connectivity index (χ0v) is 17.0. The standard InChI is InChI=1S/C19H15ClN4O4S/c1-11-17(25)24(19(29)23-22-11)21-10-12-3-8-15(16(9-12)27-2)28-18(26)13-4-6-14(20)7-5-13/h3-10H,1-2H3,(H,23,29). The van der Waals surface area contributed by atoms with Crippen molar-refractivity contribution in [1.29, 1.82) is 0 Å². The number of nitrogens with one attached hydrogen (secondary N) is 1. The van der Waals surface area contributed by atoms with Crippen LogP contribution in [0.3, 0.4) is 0 Å². The number of carbonyl (C=O) groups is 1. The highest BCUT2D eigenvalue weighted by molar-refractivity contribution is 7.71. The van der Waals surface area contributed by atoms with Gasteiger partial charge in [-0.25, -0.2) is 4.79 Å². The summed E-state index contributed by atoms with van der Waals surface area (Å²) in [6, 6.07) is 11.2. The molecule has 0 unspecified atom stereocenters. The van der Waals surface area contributed by atoms with Gasteiger partial charge < -0.3 is 9.47 Å². The van der Waals surface area contributed by atoms with Gasteiger partial charge in [0, 0.05) is 5.02 Å². The van der Waals surface area contributed by atoms with E-state index < -0.39 is 11.5 Å². The van der Waals surface area contributed by atoms with E-state index in [4.69, 9.17) is 33.3 Å². The van der Waals surface area contributed by atoms with Crippen LogP contribution in [-0.2, 0) is 0 Å². The zero-order chi connectivity index (χ0) is 21.0. The van der Waals surface area contributed by atoms with Gasteiger partial charge in [-0.3, -0.25) is 9.89 Å². The van der Waals surface area contributed by atoms with Crippen molar-refractivity contribution < 1.29 is 14.3 Å². The van der Waals surface area contributed by atoms with E-state index >= 15 is 0 Å². The minimum Gasteiger partial charge on any atom is -0.493 e. The highest BCUT2D eigenvalue weighted by Crippen LogP contribution is 2.28. The van der Waals surface area contributed by atoms with Crippen molar-refractivity contribution in [3.05, 3.63) is 79.4 Å². The minimum absolute atomic E-state index is 0.0670. The van der Waals surface area contributed by atoms with E-state index in [9.17, 15) is 9.59 Å². The van der Waals surface area contributed by atoms with Crippen molar-refractivity contribution in [2.45, 2.75) is 6.92 Å². The van der Waals surface area contributed by atoms with Crippen LogP contribution in [0.5, 0.6) is 11.5 Å². The van der Waals surface area contributed by atoms with Gasteiger partial charge in [-0.1, -0.05) is 11.6 Å². The largest absolute Gasteiger partial charge is 0.493 e. The number of benzene rings is 2. The van der Waals surface area contributed by atoms with Gasteiger partial charge in [0.15, 0.2) is 11.5 Å². The molecule has 8 nitrogen and oxygen atoms in total. The summed E-state index contributed by atoms with van der Waals surface area (Å²) in [5.74, 6) is 0.00461. The van der Waals surface area contributed by atoms with Crippen LogP contribution in [0.2, 0.25) is 5.02 Å². The summed E-state index contributed by atoms with van der Waals surface area (Å²) in [5.41, 5.74) is 0.760. The number of aromatic amines is 1. The SMILES string of the molecule is COc1cc(C=Nn2c(=S)[nH]nc(C)c2=O)ccc1OC(=O)c1ccc(Cl)cc1. The van der Waals surface area contributed by atoms with E-state index in [2.05, 4.69) is 15.3 Å². The average Bonchev–Trinajstić information content (AvgIpc) is 2.72.